The number of thiocarbonyl (C=S) groups is 1. The van der Waals surface area contributed by atoms with Crippen LogP contribution < -0.4 is 15.4 Å². The molecule has 0 aliphatic carbocycles. The van der Waals surface area contributed by atoms with Crippen molar-refractivity contribution < 1.29 is 9.53 Å². The van der Waals surface area contributed by atoms with Gasteiger partial charge >= 0.3 is 0 Å². The number of amides is 1. The molecule has 0 aromatic heterocycles. The summed E-state index contributed by atoms with van der Waals surface area (Å²) in [6.07, 6.45) is 3.77. The third-order valence-electron chi connectivity index (χ3n) is 3.01. The number of hydrogen-bond acceptors (Lipinski definition) is 3. The molecule has 0 fully saturated rings. The molecule has 0 saturated carbocycles. The molecule has 0 atom stereocenters. The molecule has 2 N–H and O–H groups in total. The predicted octanol–water partition coefficient (Wildman–Crippen LogP) is 3.54. The summed E-state index contributed by atoms with van der Waals surface area (Å²) in [5.41, 5.74) is 1.08. The fourth-order valence-corrected chi connectivity index (χ4v) is 2.10. The van der Waals surface area contributed by atoms with E-state index in [1.807, 2.05) is 38.1 Å². The van der Waals surface area contributed by atoms with Gasteiger partial charge in [0.1, 0.15) is 5.75 Å². The predicted molar refractivity (Wildman–Crippen MR) is 93.9 cm³/mol. The Hall–Kier alpha value is -1.62. The number of benzene rings is 1. The SMILES string of the molecule is CCCCCC(=O)NC(=S)NCc1ccc(OC(C)C)cc1. The first-order chi connectivity index (χ1) is 10.5. The lowest BCUT2D eigenvalue weighted by Crippen LogP contribution is -2.38. The van der Waals surface area contributed by atoms with Gasteiger partial charge in [0.25, 0.3) is 0 Å². The molecule has 0 aliphatic heterocycles. The second-order valence-corrected chi connectivity index (χ2v) is 5.91. The van der Waals surface area contributed by atoms with Gasteiger partial charge in [-0.15, -0.1) is 0 Å². The topological polar surface area (TPSA) is 50.4 Å². The molecule has 0 spiro atoms. The minimum atomic E-state index is -0.0216. The van der Waals surface area contributed by atoms with Crippen LogP contribution in [0.1, 0.15) is 52.0 Å². The lowest BCUT2D eigenvalue weighted by atomic mass is 10.2. The van der Waals surface area contributed by atoms with Crippen LogP contribution >= 0.6 is 12.2 Å². The van der Waals surface area contributed by atoms with Crippen molar-refractivity contribution in [3.8, 4) is 5.75 Å². The van der Waals surface area contributed by atoms with Gasteiger partial charge in [-0.05, 0) is 50.2 Å². The number of nitrogens with one attached hydrogen (secondary N) is 2. The minimum Gasteiger partial charge on any atom is -0.491 e. The molecular weight excluding hydrogens is 296 g/mol. The van der Waals surface area contributed by atoms with Crippen molar-refractivity contribution in [2.45, 2.75) is 59.1 Å². The van der Waals surface area contributed by atoms with Gasteiger partial charge in [0.05, 0.1) is 6.10 Å². The van der Waals surface area contributed by atoms with Crippen LogP contribution in [0.2, 0.25) is 0 Å². The number of rotatable bonds is 8. The van der Waals surface area contributed by atoms with E-state index >= 15 is 0 Å². The van der Waals surface area contributed by atoms with Gasteiger partial charge in [0.15, 0.2) is 5.11 Å². The van der Waals surface area contributed by atoms with E-state index in [-0.39, 0.29) is 12.0 Å². The average molecular weight is 322 g/mol. The molecule has 0 heterocycles. The molecule has 1 rings (SSSR count). The molecule has 1 aromatic carbocycles. The number of ether oxygens (including phenoxy) is 1. The summed E-state index contributed by atoms with van der Waals surface area (Å²) < 4.78 is 5.59. The molecule has 0 bridgehead atoms. The van der Waals surface area contributed by atoms with Gasteiger partial charge in [-0.25, -0.2) is 0 Å². The standard InChI is InChI=1S/C17H26N2O2S/c1-4-5-6-7-16(20)19-17(22)18-12-14-8-10-15(11-9-14)21-13(2)3/h8-11,13H,4-7,12H2,1-3H3,(H2,18,19,20,22). The van der Waals surface area contributed by atoms with E-state index in [2.05, 4.69) is 17.6 Å². The highest BCUT2D eigenvalue weighted by Gasteiger charge is 2.04. The summed E-state index contributed by atoms with van der Waals surface area (Å²) in [6.45, 7) is 6.69. The average Bonchev–Trinajstić information content (AvgIpc) is 2.46. The van der Waals surface area contributed by atoms with Crippen LogP contribution in [0.25, 0.3) is 0 Å². The van der Waals surface area contributed by atoms with Gasteiger partial charge in [-0.3, -0.25) is 4.79 Å². The molecule has 0 unspecified atom stereocenters. The molecule has 0 aliphatic rings. The Kier molecular flexibility index (Phi) is 8.51. The highest BCUT2D eigenvalue weighted by molar-refractivity contribution is 7.80. The summed E-state index contributed by atoms with van der Waals surface area (Å²) >= 11 is 5.12. The molecule has 1 aromatic rings. The van der Waals surface area contributed by atoms with E-state index in [0.717, 1.165) is 30.6 Å². The van der Waals surface area contributed by atoms with Gasteiger partial charge < -0.3 is 15.4 Å². The summed E-state index contributed by atoms with van der Waals surface area (Å²) in [5, 5.41) is 6.12. The van der Waals surface area contributed by atoms with E-state index in [0.29, 0.717) is 18.1 Å². The molecule has 1 amide bonds. The van der Waals surface area contributed by atoms with Gasteiger partial charge in [0.2, 0.25) is 5.91 Å². The van der Waals surface area contributed by atoms with Crippen LogP contribution in [-0.4, -0.2) is 17.1 Å². The van der Waals surface area contributed by atoms with Crippen molar-refractivity contribution in [2.75, 3.05) is 0 Å². The largest absolute Gasteiger partial charge is 0.491 e. The maximum atomic E-state index is 11.6. The van der Waals surface area contributed by atoms with Crippen LogP contribution in [0.4, 0.5) is 0 Å². The van der Waals surface area contributed by atoms with Gasteiger partial charge in [-0.2, -0.15) is 0 Å². The van der Waals surface area contributed by atoms with Crippen molar-refractivity contribution in [3.63, 3.8) is 0 Å². The lowest BCUT2D eigenvalue weighted by Gasteiger charge is -2.11. The first-order valence-electron chi connectivity index (χ1n) is 7.84. The molecule has 22 heavy (non-hydrogen) atoms. The van der Waals surface area contributed by atoms with E-state index in [4.69, 9.17) is 17.0 Å². The van der Waals surface area contributed by atoms with Crippen molar-refractivity contribution in [1.82, 2.24) is 10.6 Å². The molecule has 5 heteroatoms. The smallest absolute Gasteiger partial charge is 0.226 e. The van der Waals surface area contributed by atoms with Crippen LogP contribution in [0.3, 0.4) is 0 Å². The van der Waals surface area contributed by atoms with Crippen molar-refractivity contribution in [1.29, 1.82) is 0 Å². The summed E-state index contributed by atoms with van der Waals surface area (Å²) in [5.74, 6) is 0.831. The first kappa shape index (κ1) is 18.4. The zero-order valence-corrected chi connectivity index (χ0v) is 14.5. The zero-order chi connectivity index (χ0) is 16.4. The van der Waals surface area contributed by atoms with E-state index in [1.165, 1.54) is 0 Å². The van der Waals surface area contributed by atoms with Crippen molar-refractivity contribution >= 4 is 23.2 Å². The Bertz CT molecular complexity index is 472. The molecule has 122 valence electrons. The maximum Gasteiger partial charge on any atom is 0.226 e. The minimum absolute atomic E-state index is 0.0216. The quantitative estimate of drug-likeness (QED) is 0.568. The Morgan fingerprint density at radius 2 is 1.91 bits per heavy atom. The van der Waals surface area contributed by atoms with Crippen LogP contribution in [0.15, 0.2) is 24.3 Å². The van der Waals surface area contributed by atoms with E-state index in [9.17, 15) is 4.79 Å². The number of hydrogen-bond donors (Lipinski definition) is 2. The highest BCUT2D eigenvalue weighted by Crippen LogP contribution is 2.13. The van der Waals surface area contributed by atoms with Crippen molar-refractivity contribution in [3.05, 3.63) is 29.8 Å². The monoisotopic (exact) mass is 322 g/mol. The summed E-state index contributed by atoms with van der Waals surface area (Å²) in [4.78, 5) is 11.6. The highest BCUT2D eigenvalue weighted by atomic mass is 32.1. The van der Waals surface area contributed by atoms with Crippen LogP contribution in [-0.2, 0) is 11.3 Å². The fraction of sp³-hybridized carbons (Fsp3) is 0.529. The third kappa shape index (κ3) is 7.98. The van der Waals surface area contributed by atoms with Crippen molar-refractivity contribution in [2.24, 2.45) is 0 Å². The second kappa shape index (κ2) is 10.2. The second-order valence-electron chi connectivity index (χ2n) is 5.50. The third-order valence-corrected chi connectivity index (χ3v) is 3.25. The van der Waals surface area contributed by atoms with Crippen LogP contribution in [0.5, 0.6) is 5.75 Å². The number of unbranched alkanes of at least 4 members (excludes halogenated alkanes) is 2. The first-order valence-corrected chi connectivity index (χ1v) is 8.25. The van der Waals surface area contributed by atoms with Gasteiger partial charge in [0, 0.05) is 13.0 Å². The number of carbonyl (C=O) groups excluding carboxylic acids is 1. The molecule has 0 saturated heterocycles. The summed E-state index contributed by atoms with van der Waals surface area (Å²) in [7, 11) is 0. The Morgan fingerprint density at radius 3 is 2.50 bits per heavy atom. The molecule has 0 radical (unpaired) electrons. The molecular formula is C17H26N2O2S. The normalized spacial score (nSPS) is 10.4. The Balaban J connectivity index is 2.30. The van der Waals surface area contributed by atoms with E-state index in [1.54, 1.807) is 0 Å². The Morgan fingerprint density at radius 1 is 1.23 bits per heavy atom. The maximum absolute atomic E-state index is 11.6. The molecule has 4 nitrogen and oxygen atoms in total. The van der Waals surface area contributed by atoms with Gasteiger partial charge in [-0.1, -0.05) is 31.9 Å². The summed E-state index contributed by atoms with van der Waals surface area (Å²) in [6, 6.07) is 7.83. The number of carbonyl (C=O) groups is 1. The fourth-order valence-electron chi connectivity index (χ4n) is 1.91. The lowest BCUT2D eigenvalue weighted by molar-refractivity contribution is -0.119. The van der Waals surface area contributed by atoms with Crippen LogP contribution in [0, 0.1) is 0 Å². The zero-order valence-electron chi connectivity index (χ0n) is 13.6. The Labute approximate surface area is 138 Å². The van der Waals surface area contributed by atoms with E-state index < -0.39 is 0 Å².